The topological polar surface area (TPSA) is 53.5 Å². The molecule has 2 amide bonds. The summed E-state index contributed by atoms with van der Waals surface area (Å²) in [5, 5.41) is 4.94. The summed E-state index contributed by atoms with van der Waals surface area (Å²) in [6, 6.07) is 7.74. The molecule has 150 valence electrons. The Morgan fingerprint density at radius 2 is 1.86 bits per heavy atom. The largest absolute Gasteiger partial charge is 0.339 e. The van der Waals surface area contributed by atoms with Gasteiger partial charge >= 0.3 is 0 Å². The Kier molecular flexibility index (Phi) is 5.94. The summed E-state index contributed by atoms with van der Waals surface area (Å²) < 4.78 is 13.2. The molecule has 3 aromatic rings. The molecule has 1 aliphatic rings. The molecule has 29 heavy (non-hydrogen) atoms. The van der Waals surface area contributed by atoms with Gasteiger partial charge in [0.25, 0.3) is 5.91 Å². The third-order valence-electron chi connectivity index (χ3n) is 4.70. The number of hydrogen-bond acceptors (Lipinski definition) is 5. The van der Waals surface area contributed by atoms with E-state index in [1.54, 1.807) is 21.1 Å². The fraction of sp³-hybridized carbons (Fsp3) is 0.250. The van der Waals surface area contributed by atoms with Gasteiger partial charge in [-0.1, -0.05) is 17.7 Å². The Morgan fingerprint density at radius 1 is 1.10 bits per heavy atom. The molecule has 1 aromatic carbocycles. The average Bonchev–Trinajstić information content (AvgIpc) is 3.39. The van der Waals surface area contributed by atoms with Crippen LogP contribution in [0.2, 0.25) is 5.02 Å². The highest BCUT2D eigenvalue weighted by Gasteiger charge is 2.26. The minimum absolute atomic E-state index is 0.0000526. The Balaban J connectivity index is 1.33. The third-order valence-corrected chi connectivity index (χ3v) is 6.94. The van der Waals surface area contributed by atoms with Crippen LogP contribution in [-0.4, -0.2) is 52.8 Å². The summed E-state index contributed by atoms with van der Waals surface area (Å²) in [4.78, 5) is 34.3. The maximum Gasteiger partial charge on any atom is 0.255 e. The van der Waals surface area contributed by atoms with Gasteiger partial charge < -0.3 is 9.80 Å². The number of hydrogen-bond donors (Lipinski definition) is 0. The number of piperazine rings is 1. The van der Waals surface area contributed by atoms with Crippen LogP contribution in [0, 0.1) is 5.82 Å². The van der Waals surface area contributed by atoms with Crippen molar-refractivity contribution in [2.75, 3.05) is 26.2 Å². The van der Waals surface area contributed by atoms with Crippen molar-refractivity contribution in [3.05, 3.63) is 63.2 Å². The predicted molar refractivity (Wildman–Crippen MR) is 113 cm³/mol. The number of nitrogens with zero attached hydrogens (tertiary/aromatic N) is 3. The lowest BCUT2D eigenvalue weighted by atomic mass is 10.1. The fourth-order valence-electron chi connectivity index (χ4n) is 3.16. The Bertz CT molecular complexity index is 1030. The first kappa shape index (κ1) is 20.0. The van der Waals surface area contributed by atoms with E-state index in [1.807, 2.05) is 22.9 Å². The van der Waals surface area contributed by atoms with Gasteiger partial charge in [-0.05, 0) is 29.6 Å². The minimum Gasteiger partial charge on any atom is -0.339 e. The van der Waals surface area contributed by atoms with Crippen molar-refractivity contribution in [1.82, 2.24) is 14.8 Å². The van der Waals surface area contributed by atoms with Gasteiger partial charge in [0.1, 0.15) is 10.8 Å². The summed E-state index contributed by atoms with van der Waals surface area (Å²) in [5.74, 6) is -0.728. The SMILES string of the molecule is O=C(Cc1csc(-c2cccs2)n1)N1CCN(C(=O)c2ccc(F)cc2Cl)CC1. The van der Waals surface area contributed by atoms with Crippen molar-refractivity contribution in [3.63, 3.8) is 0 Å². The highest BCUT2D eigenvalue weighted by Crippen LogP contribution is 2.28. The zero-order chi connectivity index (χ0) is 20.4. The van der Waals surface area contributed by atoms with Crippen molar-refractivity contribution >= 4 is 46.1 Å². The summed E-state index contributed by atoms with van der Waals surface area (Å²) in [7, 11) is 0. The average molecular weight is 450 g/mol. The number of amides is 2. The Labute approximate surface area is 180 Å². The van der Waals surface area contributed by atoms with E-state index in [4.69, 9.17) is 11.6 Å². The monoisotopic (exact) mass is 449 g/mol. The highest BCUT2D eigenvalue weighted by molar-refractivity contribution is 7.20. The lowest BCUT2D eigenvalue weighted by Gasteiger charge is -2.35. The number of halogens is 2. The lowest BCUT2D eigenvalue weighted by molar-refractivity contribution is -0.132. The molecule has 0 N–H and O–H groups in total. The highest BCUT2D eigenvalue weighted by atomic mass is 35.5. The first-order valence-corrected chi connectivity index (χ1v) is 11.2. The van der Waals surface area contributed by atoms with Crippen LogP contribution in [0.25, 0.3) is 9.88 Å². The van der Waals surface area contributed by atoms with E-state index >= 15 is 0 Å². The van der Waals surface area contributed by atoms with Gasteiger partial charge in [-0.3, -0.25) is 9.59 Å². The smallest absolute Gasteiger partial charge is 0.255 e. The van der Waals surface area contributed by atoms with Crippen molar-refractivity contribution in [1.29, 1.82) is 0 Å². The van der Waals surface area contributed by atoms with Crippen molar-refractivity contribution in [2.24, 2.45) is 0 Å². The predicted octanol–water partition coefficient (Wildman–Crippen LogP) is 4.19. The van der Waals surface area contributed by atoms with Crippen LogP contribution < -0.4 is 0 Å². The molecule has 0 bridgehead atoms. The second-order valence-corrected chi connectivity index (χ2v) is 8.81. The van der Waals surface area contributed by atoms with Crippen molar-refractivity contribution in [3.8, 4) is 9.88 Å². The van der Waals surface area contributed by atoms with Crippen LogP contribution >= 0.6 is 34.3 Å². The molecule has 1 saturated heterocycles. The molecule has 0 unspecified atom stereocenters. The van der Waals surface area contributed by atoms with Gasteiger partial charge in [0.05, 0.1) is 27.6 Å². The summed E-state index contributed by atoms with van der Waals surface area (Å²) >= 11 is 9.16. The molecule has 0 radical (unpaired) electrons. The molecule has 5 nitrogen and oxygen atoms in total. The molecule has 0 spiro atoms. The minimum atomic E-state index is -0.480. The molecular weight excluding hydrogens is 433 g/mol. The van der Waals surface area contributed by atoms with Gasteiger partial charge in [0, 0.05) is 31.6 Å². The summed E-state index contributed by atoms with van der Waals surface area (Å²) in [5.41, 5.74) is 1.04. The van der Waals surface area contributed by atoms with E-state index in [0.29, 0.717) is 26.2 Å². The number of thiazole rings is 1. The number of aromatic nitrogens is 1. The zero-order valence-corrected chi connectivity index (χ0v) is 17.7. The van der Waals surface area contributed by atoms with Gasteiger partial charge in [-0.25, -0.2) is 9.37 Å². The van der Waals surface area contributed by atoms with Crippen LogP contribution in [0.5, 0.6) is 0 Å². The van der Waals surface area contributed by atoms with Crippen LogP contribution in [0.15, 0.2) is 41.1 Å². The van der Waals surface area contributed by atoms with E-state index in [-0.39, 0.29) is 28.8 Å². The maximum atomic E-state index is 13.2. The molecule has 0 saturated carbocycles. The number of carbonyl (C=O) groups is 2. The number of carbonyl (C=O) groups excluding carboxylic acids is 2. The Hall–Kier alpha value is -2.29. The fourth-order valence-corrected chi connectivity index (χ4v) is 5.04. The van der Waals surface area contributed by atoms with Crippen molar-refractivity contribution in [2.45, 2.75) is 6.42 Å². The molecule has 3 heterocycles. The van der Waals surface area contributed by atoms with Crippen LogP contribution in [-0.2, 0) is 11.2 Å². The van der Waals surface area contributed by atoms with Crippen LogP contribution in [0.3, 0.4) is 0 Å². The lowest BCUT2D eigenvalue weighted by Crippen LogP contribution is -2.51. The second-order valence-electron chi connectivity index (χ2n) is 6.60. The van der Waals surface area contributed by atoms with Crippen molar-refractivity contribution < 1.29 is 14.0 Å². The van der Waals surface area contributed by atoms with E-state index in [9.17, 15) is 14.0 Å². The van der Waals surface area contributed by atoms with Gasteiger partial charge in [-0.2, -0.15) is 0 Å². The third kappa shape index (κ3) is 4.49. The first-order chi connectivity index (χ1) is 14.0. The van der Waals surface area contributed by atoms with Crippen LogP contribution in [0.4, 0.5) is 4.39 Å². The molecule has 1 fully saturated rings. The summed E-state index contributed by atoms with van der Waals surface area (Å²) in [6.45, 7) is 1.72. The molecule has 9 heteroatoms. The summed E-state index contributed by atoms with van der Waals surface area (Å²) in [6.07, 6.45) is 0.250. The maximum absolute atomic E-state index is 13.2. The molecular formula is C20H17ClFN3O2S2. The van der Waals surface area contributed by atoms with E-state index in [2.05, 4.69) is 4.98 Å². The van der Waals surface area contributed by atoms with E-state index in [0.717, 1.165) is 21.6 Å². The Morgan fingerprint density at radius 3 is 2.55 bits per heavy atom. The molecule has 0 aliphatic carbocycles. The molecule has 4 rings (SSSR count). The zero-order valence-electron chi connectivity index (χ0n) is 15.3. The number of benzene rings is 1. The normalized spacial score (nSPS) is 14.3. The first-order valence-electron chi connectivity index (χ1n) is 9.01. The molecule has 1 aliphatic heterocycles. The number of thiophene rings is 1. The van der Waals surface area contributed by atoms with Gasteiger partial charge in [0.15, 0.2) is 0 Å². The second kappa shape index (κ2) is 8.61. The molecule has 2 aromatic heterocycles. The molecule has 0 atom stereocenters. The standard InChI is InChI=1S/C20H17ClFN3O2S2/c21-16-10-13(22)3-4-15(16)20(27)25-7-5-24(6-8-25)18(26)11-14-12-29-19(23-14)17-2-1-9-28-17/h1-4,9-10,12H,5-8,11H2. The number of rotatable bonds is 4. The van der Waals surface area contributed by atoms with Gasteiger partial charge in [0.2, 0.25) is 5.91 Å². The van der Waals surface area contributed by atoms with E-state index < -0.39 is 5.82 Å². The van der Waals surface area contributed by atoms with E-state index in [1.165, 1.54) is 23.5 Å². The van der Waals surface area contributed by atoms with Crippen LogP contribution in [0.1, 0.15) is 16.1 Å². The quantitative estimate of drug-likeness (QED) is 0.600. The van der Waals surface area contributed by atoms with Gasteiger partial charge in [-0.15, -0.1) is 22.7 Å².